The third-order valence-electron chi connectivity index (χ3n) is 2.36. The van der Waals surface area contributed by atoms with Gasteiger partial charge in [0.15, 0.2) is 5.76 Å². The average Bonchev–Trinajstić information content (AvgIpc) is 2.94. The van der Waals surface area contributed by atoms with Crippen LogP contribution in [0.25, 0.3) is 0 Å². The van der Waals surface area contributed by atoms with Crippen LogP contribution in [0.5, 0.6) is 0 Å². The van der Waals surface area contributed by atoms with Crippen LogP contribution in [0.15, 0.2) is 22.8 Å². The van der Waals surface area contributed by atoms with Crippen LogP contribution in [0, 0.1) is 0 Å². The predicted molar refractivity (Wildman–Crippen MR) is 66.4 cm³/mol. The SMILES string of the molecule is O=C(CCCNC(=O)c1ccco1)NCC(O)CO. The fourth-order valence-corrected chi connectivity index (χ4v) is 1.33. The summed E-state index contributed by atoms with van der Waals surface area (Å²) in [4.78, 5) is 22.7. The molecule has 7 nitrogen and oxygen atoms in total. The van der Waals surface area contributed by atoms with Crippen molar-refractivity contribution in [2.24, 2.45) is 0 Å². The van der Waals surface area contributed by atoms with Crippen molar-refractivity contribution in [2.45, 2.75) is 18.9 Å². The van der Waals surface area contributed by atoms with Crippen LogP contribution >= 0.6 is 0 Å². The third-order valence-corrected chi connectivity index (χ3v) is 2.36. The molecule has 1 heterocycles. The second-order valence-corrected chi connectivity index (χ2v) is 3.98. The van der Waals surface area contributed by atoms with E-state index in [2.05, 4.69) is 10.6 Å². The van der Waals surface area contributed by atoms with E-state index in [0.717, 1.165) is 0 Å². The maximum atomic E-state index is 11.4. The summed E-state index contributed by atoms with van der Waals surface area (Å²) in [6.07, 6.45) is 1.18. The second kappa shape index (κ2) is 8.28. The molecule has 2 amide bonds. The maximum absolute atomic E-state index is 11.4. The molecule has 4 N–H and O–H groups in total. The Morgan fingerprint density at radius 3 is 2.79 bits per heavy atom. The van der Waals surface area contributed by atoms with Gasteiger partial charge in [-0.05, 0) is 18.6 Å². The molecule has 0 bridgehead atoms. The number of hydrogen-bond donors (Lipinski definition) is 4. The summed E-state index contributed by atoms with van der Waals surface area (Å²) in [5.74, 6) is -0.323. The summed E-state index contributed by atoms with van der Waals surface area (Å²) >= 11 is 0. The molecule has 0 aliphatic rings. The molecule has 0 spiro atoms. The monoisotopic (exact) mass is 270 g/mol. The van der Waals surface area contributed by atoms with E-state index >= 15 is 0 Å². The van der Waals surface area contributed by atoms with E-state index in [1.165, 1.54) is 6.26 Å². The summed E-state index contributed by atoms with van der Waals surface area (Å²) < 4.78 is 4.91. The molecule has 0 radical (unpaired) electrons. The second-order valence-electron chi connectivity index (χ2n) is 3.98. The van der Waals surface area contributed by atoms with E-state index in [9.17, 15) is 9.59 Å². The summed E-state index contributed by atoms with van der Waals surface area (Å²) in [7, 11) is 0. The van der Waals surface area contributed by atoms with Crippen molar-refractivity contribution in [3.8, 4) is 0 Å². The summed E-state index contributed by atoms with van der Waals surface area (Å²) in [5, 5.41) is 22.7. The first-order chi connectivity index (χ1) is 9.13. The highest BCUT2D eigenvalue weighted by molar-refractivity contribution is 5.91. The van der Waals surface area contributed by atoms with Crippen LogP contribution in [0.4, 0.5) is 0 Å². The van der Waals surface area contributed by atoms with Gasteiger partial charge in [-0.3, -0.25) is 9.59 Å². The Morgan fingerprint density at radius 2 is 2.16 bits per heavy atom. The number of aliphatic hydroxyl groups is 2. The molecule has 1 unspecified atom stereocenters. The minimum absolute atomic E-state index is 0.0219. The quantitative estimate of drug-likeness (QED) is 0.465. The Morgan fingerprint density at radius 1 is 1.37 bits per heavy atom. The van der Waals surface area contributed by atoms with Gasteiger partial charge in [-0.2, -0.15) is 0 Å². The molecule has 0 fully saturated rings. The number of carbonyl (C=O) groups excluding carboxylic acids is 2. The Balaban J connectivity index is 2.07. The zero-order valence-electron chi connectivity index (χ0n) is 10.5. The van der Waals surface area contributed by atoms with Crippen molar-refractivity contribution in [3.05, 3.63) is 24.2 Å². The largest absolute Gasteiger partial charge is 0.459 e. The molecule has 0 saturated heterocycles. The summed E-state index contributed by atoms with van der Waals surface area (Å²) in [5.41, 5.74) is 0. The number of aliphatic hydroxyl groups excluding tert-OH is 2. The number of nitrogens with one attached hydrogen (secondary N) is 2. The molecule has 7 heteroatoms. The van der Waals surface area contributed by atoms with Crippen molar-refractivity contribution >= 4 is 11.8 Å². The van der Waals surface area contributed by atoms with Gasteiger partial charge in [-0.1, -0.05) is 0 Å². The van der Waals surface area contributed by atoms with Crippen LogP contribution in [-0.4, -0.2) is 47.8 Å². The Bertz CT molecular complexity index is 391. The van der Waals surface area contributed by atoms with Crippen LogP contribution in [-0.2, 0) is 4.79 Å². The molecular weight excluding hydrogens is 252 g/mol. The number of rotatable bonds is 8. The molecule has 1 atom stereocenters. The average molecular weight is 270 g/mol. The highest BCUT2D eigenvalue weighted by Gasteiger charge is 2.08. The molecular formula is C12H18N2O5. The van der Waals surface area contributed by atoms with Crippen molar-refractivity contribution in [2.75, 3.05) is 19.7 Å². The summed E-state index contributed by atoms with van der Waals surface area (Å²) in [6.45, 7) is -0.0108. The van der Waals surface area contributed by atoms with E-state index in [4.69, 9.17) is 14.6 Å². The lowest BCUT2D eigenvalue weighted by Gasteiger charge is -2.09. The molecule has 0 saturated carbocycles. The number of amides is 2. The van der Waals surface area contributed by atoms with Crippen LogP contribution < -0.4 is 10.6 Å². The molecule has 0 aromatic carbocycles. The molecule has 1 aromatic heterocycles. The number of furan rings is 1. The lowest BCUT2D eigenvalue weighted by molar-refractivity contribution is -0.121. The van der Waals surface area contributed by atoms with Crippen molar-refractivity contribution in [1.29, 1.82) is 0 Å². The van der Waals surface area contributed by atoms with Gasteiger partial charge >= 0.3 is 0 Å². The smallest absolute Gasteiger partial charge is 0.286 e. The Hall–Kier alpha value is -1.86. The van der Waals surface area contributed by atoms with E-state index < -0.39 is 6.10 Å². The van der Waals surface area contributed by atoms with E-state index in [-0.39, 0.29) is 37.1 Å². The standard InChI is InChI=1S/C12H18N2O5/c15-8-9(16)7-14-11(17)4-1-5-13-12(18)10-3-2-6-19-10/h2-3,6,9,15-16H,1,4-5,7-8H2,(H,13,18)(H,14,17). The number of carbonyl (C=O) groups is 2. The Labute approximate surface area is 110 Å². The molecule has 0 aliphatic heterocycles. The minimum atomic E-state index is -0.942. The molecule has 106 valence electrons. The van der Waals surface area contributed by atoms with Crippen LogP contribution in [0.3, 0.4) is 0 Å². The zero-order chi connectivity index (χ0) is 14.1. The van der Waals surface area contributed by atoms with Crippen molar-refractivity contribution < 1.29 is 24.2 Å². The molecule has 0 aliphatic carbocycles. The zero-order valence-corrected chi connectivity index (χ0v) is 10.5. The highest BCUT2D eigenvalue weighted by atomic mass is 16.3. The van der Waals surface area contributed by atoms with Gasteiger partial charge in [0.2, 0.25) is 5.91 Å². The molecule has 19 heavy (non-hydrogen) atoms. The normalized spacial score (nSPS) is 11.9. The Kier molecular flexibility index (Phi) is 6.62. The number of hydrogen-bond acceptors (Lipinski definition) is 5. The van der Waals surface area contributed by atoms with E-state index in [1.54, 1.807) is 12.1 Å². The minimum Gasteiger partial charge on any atom is -0.459 e. The van der Waals surface area contributed by atoms with E-state index in [0.29, 0.717) is 13.0 Å². The van der Waals surface area contributed by atoms with E-state index in [1.807, 2.05) is 0 Å². The first-order valence-corrected chi connectivity index (χ1v) is 6.00. The summed E-state index contributed by atoms with van der Waals surface area (Å²) in [6, 6.07) is 3.17. The first kappa shape index (κ1) is 15.2. The fraction of sp³-hybridized carbons (Fsp3) is 0.500. The van der Waals surface area contributed by atoms with Crippen molar-refractivity contribution in [3.63, 3.8) is 0 Å². The van der Waals surface area contributed by atoms with Gasteiger partial charge in [-0.15, -0.1) is 0 Å². The van der Waals surface area contributed by atoms with Gasteiger partial charge in [-0.25, -0.2) is 0 Å². The maximum Gasteiger partial charge on any atom is 0.286 e. The van der Waals surface area contributed by atoms with Gasteiger partial charge < -0.3 is 25.3 Å². The lowest BCUT2D eigenvalue weighted by Crippen LogP contribution is -2.34. The topological polar surface area (TPSA) is 112 Å². The van der Waals surface area contributed by atoms with Gasteiger partial charge in [0.25, 0.3) is 5.91 Å². The predicted octanol–water partition coefficient (Wildman–Crippen LogP) is -0.741. The molecule has 1 rings (SSSR count). The molecule has 1 aromatic rings. The van der Waals surface area contributed by atoms with Crippen LogP contribution in [0.2, 0.25) is 0 Å². The fourth-order valence-electron chi connectivity index (χ4n) is 1.33. The van der Waals surface area contributed by atoms with Crippen LogP contribution in [0.1, 0.15) is 23.4 Å². The lowest BCUT2D eigenvalue weighted by atomic mass is 10.2. The highest BCUT2D eigenvalue weighted by Crippen LogP contribution is 1.99. The van der Waals surface area contributed by atoms with Crippen molar-refractivity contribution in [1.82, 2.24) is 10.6 Å². The van der Waals surface area contributed by atoms with Gasteiger partial charge in [0.05, 0.1) is 19.0 Å². The first-order valence-electron chi connectivity index (χ1n) is 6.00. The third kappa shape index (κ3) is 6.03. The van der Waals surface area contributed by atoms with Gasteiger partial charge in [0, 0.05) is 19.5 Å². The van der Waals surface area contributed by atoms with Gasteiger partial charge in [0.1, 0.15) is 0 Å².